The number of rotatable bonds is 6. The van der Waals surface area contributed by atoms with Gasteiger partial charge in [0.05, 0.1) is 12.3 Å². The topological polar surface area (TPSA) is 131 Å². The maximum atomic E-state index is 14.4. The van der Waals surface area contributed by atoms with Crippen LogP contribution < -0.4 is 16.4 Å². The van der Waals surface area contributed by atoms with E-state index in [0.717, 1.165) is 12.8 Å². The van der Waals surface area contributed by atoms with Crippen LogP contribution in [-0.2, 0) is 4.79 Å². The Balaban J connectivity index is 1.52. The molecule has 1 amide bonds. The van der Waals surface area contributed by atoms with Crippen LogP contribution in [0.1, 0.15) is 51.0 Å². The van der Waals surface area contributed by atoms with E-state index in [1.54, 1.807) is 6.20 Å². The van der Waals surface area contributed by atoms with Gasteiger partial charge in [-0.2, -0.15) is 4.98 Å². The maximum Gasteiger partial charge on any atom is 0.224 e. The van der Waals surface area contributed by atoms with E-state index in [-0.39, 0.29) is 41.6 Å². The molecule has 5 N–H and O–H groups in total. The fourth-order valence-electron chi connectivity index (χ4n) is 5.01. The number of benzene rings is 1. The highest BCUT2D eigenvalue weighted by atomic mass is 19.1. The van der Waals surface area contributed by atoms with Crippen molar-refractivity contribution in [1.82, 2.24) is 19.5 Å². The van der Waals surface area contributed by atoms with Gasteiger partial charge < -0.3 is 21.5 Å². The van der Waals surface area contributed by atoms with Gasteiger partial charge in [0.15, 0.2) is 5.65 Å². The van der Waals surface area contributed by atoms with Gasteiger partial charge in [-0.25, -0.2) is 18.7 Å². The number of primary amides is 1. The molecule has 1 aromatic carbocycles. The van der Waals surface area contributed by atoms with Gasteiger partial charge in [0.1, 0.15) is 22.8 Å². The molecule has 0 aliphatic heterocycles. The van der Waals surface area contributed by atoms with Gasteiger partial charge in [-0.1, -0.05) is 6.07 Å². The average molecular weight is 472 g/mol. The second-order valence-corrected chi connectivity index (χ2v) is 9.15. The fourth-order valence-corrected chi connectivity index (χ4v) is 5.01. The van der Waals surface area contributed by atoms with Crippen molar-refractivity contribution in [3.63, 3.8) is 0 Å². The number of para-hydroxylation sites is 1. The molecule has 11 heteroatoms. The largest absolute Gasteiger partial charge is 0.393 e. The van der Waals surface area contributed by atoms with Crippen molar-refractivity contribution in [2.24, 2.45) is 11.7 Å². The van der Waals surface area contributed by atoms with Crippen LogP contribution in [0.3, 0.4) is 0 Å². The summed E-state index contributed by atoms with van der Waals surface area (Å²) >= 11 is 0. The summed E-state index contributed by atoms with van der Waals surface area (Å²) in [5.41, 5.74) is 6.20. The van der Waals surface area contributed by atoms with Crippen LogP contribution in [0.2, 0.25) is 0 Å². The molecule has 2 heterocycles. The van der Waals surface area contributed by atoms with E-state index in [1.165, 1.54) is 18.2 Å². The summed E-state index contributed by atoms with van der Waals surface area (Å²) in [4.78, 5) is 25.2. The quantitative estimate of drug-likeness (QED) is 0.433. The smallest absolute Gasteiger partial charge is 0.224 e. The molecule has 0 spiro atoms. The molecule has 0 bridgehead atoms. The summed E-state index contributed by atoms with van der Waals surface area (Å²) in [6.07, 6.45) is 5.93. The van der Waals surface area contributed by atoms with Crippen molar-refractivity contribution in [3.8, 4) is 0 Å². The number of carbonyl (C=O) groups excluding carboxylic acids is 1. The lowest BCUT2D eigenvalue weighted by atomic mass is 9.85. The normalized spacial score (nSPS) is 24.9. The van der Waals surface area contributed by atoms with Crippen LogP contribution in [0.25, 0.3) is 11.2 Å². The molecule has 3 aromatic rings. The number of aromatic nitrogens is 4. The number of aliphatic hydroxyl groups excluding tert-OH is 1. The molecule has 0 saturated heterocycles. The number of anilines is 3. The fraction of sp³-hybridized carbons (Fsp3) is 0.478. The zero-order valence-electron chi connectivity index (χ0n) is 18.5. The molecule has 0 radical (unpaired) electrons. The molecule has 2 aliphatic carbocycles. The van der Waals surface area contributed by atoms with Gasteiger partial charge in [-0.3, -0.25) is 9.36 Å². The predicted molar refractivity (Wildman–Crippen MR) is 122 cm³/mol. The maximum absolute atomic E-state index is 14.4. The Labute approximate surface area is 194 Å². The zero-order valence-corrected chi connectivity index (χ0v) is 18.5. The number of fused-ring (bicyclic) bond motifs is 1. The van der Waals surface area contributed by atoms with Crippen LogP contribution in [0, 0.1) is 17.6 Å². The first kappa shape index (κ1) is 22.5. The lowest BCUT2D eigenvalue weighted by Crippen LogP contribution is -2.29. The summed E-state index contributed by atoms with van der Waals surface area (Å²) in [6.45, 7) is 0. The summed E-state index contributed by atoms with van der Waals surface area (Å²) in [6, 6.07) is 3.63. The van der Waals surface area contributed by atoms with Crippen molar-refractivity contribution in [2.75, 3.05) is 10.6 Å². The van der Waals surface area contributed by atoms with Gasteiger partial charge in [0, 0.05) is 18.0 Å². The molecule has 34 heavy (non-hydrogen) atoms. The van der Waals surface area contributed by atoms with Crippen LogP contribution in [0.15, 0.2) is 24.4 Å². The van der Waals surface area contributed by atoms with Gasteiger partial charge >= 0.3 is 0 Å². The molecule has 2 atom stereocenters. The van der Waals surface area contributed by atoms with Crippen molar-refractivity contribution in [2.45, 2.75) is 63.1 Å². The number of nitrogens with one attached hydrogen (secondary N) is 2. The molecule has 5 rings (SSSR count). The van der Waals surface area contributed by atoms with Crippen molar-refractivity contribution in [1.29, 1.82) is 0 Å². The third-order valence-corrected chi connectivity index (χ3v) is 6.83. The molecular formula is C23H27F2N7O2. The van der Waals surface area contributed by atoms with E-state index in [9.17, 15) is 18.7 Å². The van der Waals surface area contributed by atoms with Gasteiger partial charge in [-0.15, -0.1) is 0 Å². The van der Waals surface area contributed by atoms with Crippen molar-refractivity contribution >= 4 is 34.7 Å². The Morgan fingerprint density at radius 1 is 1.09 bits per heavy atom. The lowest BCUT2D eigenvalue weighted by molar-refractivity contribution is -0.122. The summed E-state index contributed by atoms with van der Waals surface area (Å²) in [5, 5.41) is 15.9. The van der Waals surface area contributed by atoms with Crippen molar-refractivity contribution < 1.29 is 18.7 Å². The molecule has 2 saturated carbocycles. The Hall–Kier alpha value is -3.34. The Bertz CT molecular complexity index is 1190. The Morgan fingerprint density at radius 2 is 1.82 bits per heavy atom. The number of hydrogen-bond acceptors (Lipinski definition) is 7. The highest BCUT2D eigenvalue weighted by Gasteiger charge is 2.30. The predicted octanol–water partition coefficient (Wildman–Crippen LogP) is 3.39. The number of aliphatic hydroxyl groups is 1. The number of imidazole rings is 1. The van der Waals surface area contributed by atoms with E-state index in [0.29, 0.717) is 49.2 Å². The zero-order chi connectivity index (χ0) is 23.8. The Morgan fingerprint density at radius 3 is 2.47 bits per heavy atom. The molecule has 0 unspecified atom stereocenters. The third-order valence-electron chi connectivity index (χ3n) is 6.83. The summed E-state index contributed by atoms with van der Waals surface area (Å²) < 4.78 is 30.6. The van der Waals surface area contributed by atoms with Gasteiger partial charge in [-0.05, 0) is 57.1 Å². The Kier molecular flexibility index (Phi) is 6.03. The molecule has 2 aromatic heterocycles. The lowest BCUT2D eigenvalue weighted by Gasteiger charge is -2.29. The second kappa shape index (κ2) is 9.13. The van der Waals surface area contributed by atoms with Crippen LogP contribution >= 0.6 is 0 Å². The first-order valence-electron chi connectivity index (χ1n) is 11.6. The number of carbonyl (C=O) groups is 1. The molecule has 2 fully saturated rings. The minimum absolute atomic E-state index is 0.0694. The number of nitrogens with two attached hydrogens (primary N) is 1. The highest BCUT2D eigenvalue weighted by molar-refractivity contribution is 5.78. The minimum Gasteiger partial charge on any atom is -0.393 e. The SMILES string of the molecule is NC(=O)[C@H]1CC[C@@H](n2c(Nc3c(F)cccc3F)nc3cnc(N[C@@H]4CC[C@@H](O)C4)nc32)CC1. The number of amides is 1. The van der Waals surface area contributed by atoms with E-state index in [2.05, 4.69) is 25.6 Å². The average Bonchev–Trinajstić information content (AvgIpc) is 3.38. The standard InChI is InChI=1S/C23H27F2N7O2/c24-16-2-1-3-17(25)19(16)30-23-29-18-11-27-22(28-13-6-9-15(33)10-13)31-21(18)32(23)14-7-4-12(5-8-14)20(26)34/h1-3,11-15,33H,4-10H2,(H2,26,34)(H,29,30)(H,27,28,31)/t12-,13-,14+,15-/m1/s1. The van der Waals surface area contributed by atoms with E-state index in [4.69, 9.17) is 5.73 Å². The first-order valence-corrected chi connectivity index (χ1v) is 11.6. The number of hydrogen-bond donors (Lipinski definition) is 4. The first-order chi connectivity index (χ1) is 16.4. The summed E-state index contributed by atoms with van der Waals surface area (Å²) in [5.74, 6) is -1.31. The second-order valence-electron chi connectivity index (χ2n) is 9.15. The number of nitrogens with zero attached hydrogens (tertiary/aromatic N) is 4. The molecule has 180 valence electrons. The molecule has 2 aliphatic rings. The van der Waals surface area contributed by atoms with E-state index >= 15 is 0 Å². The molecular weight excluding hydrogens is 444 g/mol. The molecule has 9 nitrogen and oxygen atoms in total. The van der Waals surface area contributed by atoms with Crippen LogP contribution in [0.5, 0.6) is 0 Å². The van der Waals surface area contributed by atoms with Crippen LogP contribution in [-0.4, -0.2) is 42.7 Å². The summed E-state index contributed by atoms with van der Waals surface area (Å²) in [7, 11) is 0. The highest BCUT2D eigenvalue weighted by Crippen LogP contribution is 2.37. The van der Waals surface area contributed by atoms with Crippen LogP contribution in [0.4, 0.5) is 26.4 Å². The van der Waals surface area contributed by atoms with Gasteiger partial charge in [0.25, 0.3) is 0 Å². The van der Waals surface area contributed by atoms with Gasteiger partial charge in [0.2, 0.25) is 17.8 Å². The van der Waals surface area contributed by atoms with E-state index in [1.807, 2.05) is 4.57 Å². The van der Waals surface area contributed by atoms with E-state index < -0.39 is 11.6 Å². The minimum atomic E-state index is -0.732. The number of halogens is 2. The van der Waals surface area contributed by atoms with Crippen molar-refractivity contribution in [3.05, 3.63) is 36.0 Å². The monoisotopic (exact) mass is 471 g/mol. The third kappa shape index (κ3) is 4.39.